The Kier molecular flexibility index (Phi) is 2.71. The fraction of sp³-hybridized carbons (Fsp3) is 0.222. The van der Waals surface area contributed by atoms with Crippen molar-refractivity contribution in [2.24, 2.45) is 10.7 Å². The minimum Gasteiger partial charge on any atom is -0.274 e. The number of hydrogen-bond donors (Lipinski definition) is 1. The predicted octanol–water partition coefficient (Wildman–Crippen LogP) is 0.495. The van der Waals surface area contributed by atoms with Crippen molar-refractivity contribution in [3.63, 3.8) is 0 Å². The molecule has 0 spiro atoms. The van der Waals surface area contributed by atoms with E-state index >= 15 is 0 Å². The second-order valence-corrected chi connectivity index (χ2v) is 3.25. The molecular weight excluding hydrogens is 214 g/mol. The molecule has 0 aromatic rings. The third-order valence-electron chi connectivity index (χ3n) is 2.36. The number of imide groups is 2. The standard InChI is InChI=1S/C9H9N3O4/c1-4-9(5(2)3)6(13)10-8(15)12(11-16)7(9)14/h4H,1-2H2,3H3,(H,10,13,15). The first-order valence-electron chi connectivity index (χ1n) is 4.24. The van der Waals surface area contributed by atoms with Crippen LogP contribution in [0.2, 0.25) is 0 Å². The number of carbonyl (C=O) groups excluding carboxylic acids is 3. The minimum absolute atomic E-state index is 0.0394. The summed E-state index contributed by atoms with van der Waals surface area (Å²) in [4.78, 5) is 44.8. The Morgan fingerprint density at radius 1 is 1.50 bits per heavy atom. The molecule has 7 heteroatoms. The number of nitrogens with zero attached hydrogens (tertiary/aromatic N) is 2. The zero-order valence-electron chi connectivity index (χ0n) is 8.52. The highest BCUT2D eigenvalue weighted by Crippen LogP contribution is 2.33. The van der Waals surface area contributed by atoms with Crippen LogP contribution in [-0.2, 0) is 9.59 Å². The number of hydrogen-bond acceptors (Lipinski definition) is 5. The normalized spacial score (nSPS) is 25.1. The number of carbonyl (C=O) groups is 3. The van der Waals surface area contributed by atoms with Gasteiger partial charge in [-0.05, 0) is 6.92 Å². The summed E-state index contributed by atoms with van der Waals surface area (Å²) in [6.07, 6.45) is 1.03. The third-order valence-corrected chi connectivity index (χ3v) is 2.36. The smallest absolute Gasteiger partial charge is 0.274 e. The van der Waals surface area contributed by atoms with Gasteiger partial charge in [-0.2, -0.15) is 0 Å². The van der Waals surface area contributed by atoms with E-state index in [-0.39, 0.29) is 10.6 Å². The fourth-order valence-corrected chi connectivity index (χ4v) is 1.41. The van der Waals surface area contributed by atoms with Crippen LogP contribution in [0.1, 0.15) is 6.92 Å². The molecule has 1 heterocycles. The van der Waals surface area contributed by atoms with Gasteiger partial charge in [0.1, 0.15) is 0 Å². The lowest BCUT2D eigenvalue weighted by Crippen LogP contribution is -2.61. The Morgan fingerprint density at radius 3 is 2.44 bits per heavy atom. The van der Waals surface area contributed by atoms with Crippen LogP contribution in [0.4, 0.5) is 4.79 Å². The van der Waals surface area contributed by atoms with Crippen molar-refractivity contribution in [2.45, 2.75) is 6.92 Å². The molecule has 1 saturated heterocycles. The van der Waals surface area contributed by atoms with Crippen LogP contribution >= 0.6 is 0 Å². The highest BCUT2D eigenvalue weighted by molar-refractivity contribution is 6.22. The highest BCUT2D eigenvalue weighted by atomic mass is 16.3. The maximum Gasteiger partial charge on any atom is 0.354 e. The zero-order chi connectivity index (χ0) is 12.5. The molecule has 1 rings (SSSR count). The minimum atomic E-state index is -1.82. The zero-order valence-corrected chi connectivity index (χ0v) is 8.52. The second kappa shape index (κ2) is 3.69. The van der Waals surface area contributed by atoms with E-state index in [2.05, 4.69) is 18.4 Å². The predicted molar refractivity (Wildman–Crippen MR) is 53.6 cm³/mol. The van der Waals surface area contributed by atoms with E-state index in [0.717, 1.165) is 6.08 Å². The number of nitrogens with one attached hydrogen (secondary N) is 1. The van der Waals surface area contributed by atoms with Crippen molar-refractivity contribution in [3.05, 3.63) is 29.7 Å². The van der Waals surface area contributed by atoms with Gasteiger partial charge in [-0.15, -0.1) is 16.5 Å². The molecule has 1 atom stereocenters. The summed E-state index contributed by atoms with van der Waals surface area (Å²) in [6, 6.07) is -1.18. The van der Waals surface area contributed by atoms with E-state index in [1.165, 1.54) is 6.92 Å². The molecule has 1 aliphatic heterocycles. The Bertz CT molecular complexity index is 428. The first-order valence-corrected chi connectivity index (χ1v) is 4.24. The van der Waals surface area contributed by atoms with Crippen molar-refractivity contribution in [1.29, 1.82) is 0 Å². The van der Waals surface area contributed by atoms with Gasteiger partial charge in [0, 0.05) is 0 Å². The number of barbiturate groups is 1. The lowest BCUT2D eigenvalue weighted by Gasteiger charge is -2.33. The van der Waals surface area contributed by atoms with Gasteiger partial charge in [-0.25, -0.2) is 4.79 Å². The lowest BCUT2D eigenvalue weighted by atomic mass is 9.78. The average Bonchev–Trinajstić information content (AvgIpc) is 2.18. The first-order chi connectivity index (χ1) is 7.41. The number of rotatable bonds is 3. The number of urea groups is 1. The Hall–Kier alpha value is -2.31. The van der Waals surface area contributed by atoms with Gasteiger partial charge >= 0.3 is 6.03 Å². The summed E-state index contributed by atoms with van der Waals surface area (Å²) >= 11 is 0. The third kappa shape index (κ3) is 1.25. The molecule has 0 saturated carbocycles. The van der Waals surface area contributed by atoms with Crippen molar-refractivity contribution in [3.8, 4) is 0 Å². The molecule has 0 radical (unpaired) electrons. The van der Waals surface area contributed by atoms with Gasteiger partial charge in [0.15, 0.2) is 5.41 Å². The molecule has 7 nitrogen and oxygen atoms in total. The molecule has 0 aliphatic carbocycles. The highest BCUT2D eigenvalue weighted by Gasteiger charge is 2.53. The Labute approximate surface area is 90.7 Å². The molecule has 1 unspecified atom stereocenters. The molecule has 1 aliphatic rings. The SMILES string of the molecule is C=CC1(C(=C)C)C(=O)NC(=O)N(N=O)C1=O. The van der Waals surface area contributed by atoms with E-state index < -0.39 is 23.3 Å². The molecule has 0 bridgehead atoms. The van der Waals surface area contributed by atoms with Gasteiger partial charge in [-0.1, -0.05) is 18.2 Å². The number of nitroso groups, excluding NO2 is 1. The quantitative estimate of drug-likeness (QED) is 0.428. The van der Waals surface area contributed by atoms with Crippen LogP contribution in [0, 0.1) is 10.3 Å². The van der Waals surface area contributed by atoms with Crippen LogP contribution < -0.4 is 5.32 Å². The van der Waals surface area contributed by atoms with E-state index in [9.17, 15) is 19.3 Å². The molecule has 1 fully saturated rings. The monoisotopic (exact) mass is 223 g/mol. The Balaban J connectivity index is 3.38. The molecule has 0 aromatic carbocycles. The summed E-state index contributed by atoms with van der Waals surface area (Å²) in [5.41, 5.74) is -1.67. The Morgan fingerprint density at radius 2 is 2.06 bits per heavy atom. The summed E-state index contributed by atoms with van der Waals surface area (Å²) in [5.74, 6) is -1.95. The molecule has 16 heavy (non-hydrogen) atoms. The van der Waals surface area contributed by atoms with Gasteiger partial charge in [0.05, 0.1) is 5.29 Å². The van der Waals surface area contributed by atoms with E-state index in [4.69, 9.17) is 0 Å². The van der Waals surface area contributed by atoms with Crippen molar-refractivity contribution >= 4 is 17.8 Å². The lowest BCUT2D eigenvalue weighted by molar-refractivity contribution is -0.145. The molecule has 84 valence electrons. The molecule has 1 N–H and O–H groups in total. The average molecular weight is 223 g/mol. The molecular formula is C9H9N3O4. The largest absolute Gasteiger partial charge is 0.354 e. The summed E-state index contributed by atoms with van der Waals surface area (Å²) < 4.78 is 0. The van der Waals surface area contributed by atoms with Crippen LogP contribution in [-0.4, -0.2) is 22.9 Å². The van der Waals surface area contributed by atoms with Crippen LogP contribution in [0.3, 0.4) is 0 Å². The van der Waals surface area contributed by atoms with E-state index in [1.54, 1.807) is 0 Å². The summed E-state index contributed by atoms with van der Waals surface area (Å²) in [6.45, 7) is 8.24. The van der Waals surface area contributed by atoms with Crippen LogP contribution in [0.15, 0.2) is 30.1 Å². The fourth-order valence-electron chi connectivity index (χ4n) is 1.41. The van der Waals surface area contributed by atoms with Crippen LogP contribution in [0.25, 0.3) is 0 Å². The van der Waals surface area contributed by atoms with E-state index in [0.29, 0.717) is 0 Å². The summed E-state index contributed by atoms with van der Waals surface area (Å²) in [7, 11) is 0. The first kappa shape index (κ1) is 11.8. The van der Waals surface area contributed by atoms with Crippen molar-refractivity contribution in [2.75, 3.05) is 0 Å². The van der Waals surface area contributed by atoms with E-state index in [1.807, 2.05) is 5.32 Å². The van der Waals surface area contributed by atoms with Gasteiger partial charge in [0.25, 0.3) is 11.8 Å². The second-order valence-electron chi connectivity index (χ2n) is 3.25. The topological polar surface area (TPSA) is 95.9 Å². The van der Waals surface area contributed by atoms with Crippen LogP contribution in [0.5, 0.6) is 0 Å². The van der Waals surface area contributed by atoms with Gasteiger partial charge in [0.2, 0.25) is 0 Å². The molecule has 4 amide bonds. The van der Waals surface area contributed by atoms with Crippen molar-refractivity contribution < 1.29 is 14.4 Å². The summed E-state index contributed by atoms with van der Waals surface area (Å²) in [5, 5.41) is 4.12. The van der Waals surface area contributed by atoms with Gasteiger partial charge in [-0.3, -0.25) is 14.9 Å². The maximum absolute atomic E-state index is 11.8. The van der Waals surface area contributed by atoms with Crippen molar-refractivity contribution in [1.82, 2.24) is 10.3 Å². The van der Waals surface area contributed by atoms with Gasteiger partial charge < -0.3 is 0 Å². The molecule has 0 aromatic heterocycles. The maximum atomic E-state index is 11.8. The number of amides is 4.